The number of esters is 1. The molecule has 1 fully saturated rings. The second-order valence-electron chi connectivity index (χ2n) is 7.35. The van der Waals surface area contributed by atoms with Crippen LogP contribution in [0.15, 0.2) is 23.1 Å². The molecule has 1 N–H and O–H groups in total. The molecule has 0 spiro atoms. The number of carbonyl (C=O) groups excluding carboxylic acids is 2. The van der Waals surface area contributed by atoms with Crippen LogP contribution in [0.2, 0.25) is 0 Å². The molecular formula is C22H37FN2O4. The average molecular weight is 413 g/mol. The number of alkyl halides is 1. The number of nitrogens with zero attached hydrogens (tertiary/aromatic N) is 1. The molecule has 6 nitrogen and oxygen atoms in total. The van der Waals surface area contributed by atoms with Gasteiger partial charge in [-0.05, 0) is 37.8 Å². The van der Waals surface area contributed by atoms with Gasteiger partial charge in [0.25, 0.3) is 5.56 Å². The zero-order valence-electron chi connectivity index (χ0n) is 18.4. The summed E-state index contributed by atoms with van der Waals surface area (Å²) in [6.07, 6.45) is 4.47. The monoisotopic (exact) mass is 412 g/mol. The maximum Gasteiger partial charge on any atom is 0.329 e. The van der Waals surface area contributed by atoms with Gasteiger partial charge < -0.3 is 19.4 Å². The van der Waals surface area contributed by atoms with Gasteiger partial charge in [-0.1, -0.05) is 40.2 Å². The van der Waals surface area contributed by atoms with E-state index in [-0.39, 0.29) is 24.5 Å². The van der Waals surface area contributed by atoms with Gasteiger partial charge in [0.2, 0.25) is 0 Å². The van der Waals surface area contributed by atoms with Gasteiger partial charge in [0.15, 0.2) is 0 Å². The summed E-state index contributed by atoms with van der Waals surface area (Å²) >= 11 is 0. The van der Waals surface area contributed by atoms with E-state index in [1.54, 1.807) is 19.2 Å². The molecule has 1 aromatic heterocycles. The largest absolute Gasteiger partial charge is 0.464 e. The zero-order valence-corrected chi connectivity index (χ0v) is 18.4. The summed E-state index contributed by atoms with van der Waals surface area (Å²) in [7, 11) is 0. The Balaban J connectivity index is 0.000000717. The number of aldehydes is 1. The summed E-state index contributed by atoms with van der Waals surface area (Å²) < 4.78 is 18.3. The molecule has 2 heterocycles. The molecule has 29 heavy (non-hydrogen) atoms. The van der Waals surface area contributed by atoms with Crippen LogP contribution in [0.1, 0.15) is 65.5 Å². The Kier molecular flexibility index (Phi) is 14.7. The number of hydrogen-bond acceptors (Lipinski definition) is 5. The number of ether oxygens (including phenoxy) is 1. The fourth-order valence-electron chi connectivity index (χ4n) is 2.64. The third kappa shape index (κ3) is 11.5. The van der Waals surface area contributed by atoms with Gasteiger partial charge in [0, 0.05) is 25.2 Å². The lowest BCUT2D eigenvalue weighted by Gasteiger charge is -2.20. The van der Waals surface area contributed by atoms with Crippen LogP contribution in [0, 0.1) is 5.92 Å². The Bertz CT molecular complexity index is 640. The lowest BCUT2D eigenvalue weighted by Crippen LogP contribution is -2.31. The van der Waals surface area contributed by atoms with E-state index in [0.29, 0.717) is 24.9 Å². The van der Waals surface area contributed by atoms with Crippen molar-refractivity contribution >= 4 is 12.3 Å². The van der Waals surface area contributed by atoms with E-state index < -0.39 is 18.2 Å². The second kappa shape index (κ2) is 15.9. The van der Waals surface area contributed by atoms with Crippen molar-refractivity contribution in [2.75, 3.05) is 19.7 Å². The number of aromatic nitrogens is 1. The minimum Gasteiger partial charge on any atom is -0.464 e. The fraction of sp³-hybridized carbons (Fsp3) is 0.682. The standard InChI is InChI=1S/C15H21NO4.C4H8FN.C3H8/c1-4-20-15(19)13(9-11(2)3)16-10-12(7-8-17)5-6-14(16)18;5-4-1-2-6-3-4;1-3-2/h5-6,8,10-11,13H,4,7,9H2,1-3H3;4,6H,1-3H2;3H2,1-2H3. The summed E-state index contributed by atoms with van der Waals surface area (Å²) in [6, 6.07) is 2.34. The number of nitrogens with one attached hydrogen (secondary N) is 1. The Morgan fingerprint density at radius 3 is 2.41 bits per heavy atom. The van der Waals surface area contributed by atoms with Crippen LogP contribution in [0.5, 0.6) is 0 Å². The highest BCUT2D eigenvalue weighted by Crippen LogP contribution is 2.18. The van der Waals surface area contributed by atoms with Crippen LogP contribution < -0.4 is 10.9 Å². The molecule has 0 aliphatic carbocycles. The van der Waals surface area contributed by atoms with Crippen molar-refractivity contribution < 1.29 is 18.7 Å². The third-order valence-corrected chi connectivity index (χ3v) is 3.91. The Hall–Kier alpha value is -2.02. The molecule has 2 rings (SSSR count). The maximum absolute atomic E-state index is 12.0. The van der Waals surface area contributed by atoms with E-state index in [2.05, 4.69) is 19.2 Å². The minimum atomic E-state index is -0.644. The van der Waals surface area contributed by atoms with E-state index in [1.165, 1.54) is 17.1 Å². The van der Waals surface area contributed by atoms with E-state index in [0.717, 1.165) is 12.8 Å². The normalized spacial score (nSPS) is 16.2. The molecule has 2 unspecified atom stereocenters. The first-order chi connectivity index (χ1) is 13.8. The molecule has 0 aromatic carbocycles. The molecule has 0 amide bonds. The molecule has 7 heteroatoms. The Morgan fingerprint density at radius 2 is 2.00 bits per heavy atom. The number of rotatable bonds is 7. The second-order valence-corrected chi connectivity index (χ2v) is 7.35. The molecule has 166 valence electrons. The average Bonchev–Trinajstić information content (AvgIpc) is 3.14. The van der Waals surface area contributed by atoms with Gasteiger partial charge >= 0.3 is 5.97 Å². The lowest BCUT2D eigenvalue weighted by molar-refractivity contribution is -0.147. The molecule has 1 aliphatic rings. The van der Waals surface area contributed by atoms with Crippen LogP contribution in [0.3, 0.4) is 0 Å². The number of pyridine rings is 1. The molecule has 0 radical (unpaired) electrons. The number of halogens is 1. The number of carbonyl (C=O) groups is 2. The molecule has 0 saturated carbocycles. The van der Waals surface area contributed by atoms with Crippen molar-refractivity contribution in [1.82, 2.24) is 9.88 Å². The first-order valence-electron chi connectivity index (χ1n) is 10.5. The van der Waals surface area contributed by atoms with Crippen molar-refractivity contribution in [3.8, 4) is 0 Å². The molecule has 1 aliphatic heterocycles. The van der Waals surface area contributed by atoms with Gasteiger partial charge in [-0.2, -0.15) is 0 Å². The molecular weight excluding hydrogens is 375 g/mol. The summed E-state index contributed by atoms with van der Waals surface area (Å²) in [5.74, 6) is -0.169. The quantitative estimate of drug-likeness (QED) is 0.548. The first kappa shape index (κ1) is 27.0. The van der Waals surface area contributed by atoms with Gasteiger partial charge in [-0.3, -0.25) is 4.79 Å². The van der Waals surface area contributed by atoms with Crippen molar-refractivity contribution in [2.45, 2.75) is 72.5 Å². The summed E-state index contributed by atoms with van der Waals surface area (Å²) in [6.45, 7) is 11.6. The Labute approximate surface area is 173 Å². The topological polar surface area (TPSA) is 77.4 Å². The summed E-state index contributed by atoms with van der Waals surface area (Å²) in [5.41, 5.74) is 0.441. The minimum absolute atomic E-state index is 0.220. The maximum atomic E-state index is 12.0. The van der Waals surface area contributed by atoms with Gasteiger partial charge in [-0.25, -0.2) is 9.18 Å². The predicted octanol–water partition coefficient (Wildman–Crippen LogP) is 3.47. The molecule has 0 bridgehead atoms. The zero-order chi connectivity index (χ0) is 22.2. The fourth-order valence-corrected chi connectivity index (χ4v) is 2.64. The van der Waals surface area contributed by atoms with E-state index in [1.807, 2.05) is 13.8 Å². The SMILES string of the molecule is CCC.CCOC(=O)C(CC(C)C)n1cc(CC=O)ccc1=O.FC1CCNC1. The summed E-state index contributed by atoms with van der Waals surface area (Å²) in [4.78, 5) is 34.6. The van der Waals surface area contributed by atoms with E-state index >= 15 is 0 Å². The lowest BCUT2D eigenvalue weighted by atomic mass is 10.0. The molecule has 2 atom stereocenters. The van der Waals surface area contributed by atoms with Crippen molar-refractivity contribution in [2.24, 2.45) is 5.92 Å². The molecule has 1 aromatic rings. The van der Waals surface area contributed by atoms with Gasteiger partial charge in [-0.15, -0.1) is 0 Å². The highest BCUT2D eigenvalue weighted by molar-refractivity contribution is 5.74. The van der Waals surface area contributed by atoms with Crippen molar-refractivity contribution in [3.05, 3.63) is 34.2 Å². The number of hydrogen-bond donors (Lipinski definition) is 1. The smallest absolute Gasteiger partial charge is 0.329 e. The van der Waals surface area contributed by atoms with Gasteiger partial charge in [0.05, 0.1) is 6.61 Å². The van der Waals surface area contributed by atoms with Crippen LogP contribution in [-0.2, 0) is 20.7 Å². The molecule has 1 saturated heterocycles. The Morgan fingerprint density at radius 1 is 1.34 bits per heavy atom. The van der Waals surface area contributed by atoms with Gasteiger partial charge in [0.1, 0.15) is 18.5 Å². The third-order valence-electron chi connectivity index (χ3n) is 3.91. The predicted molar refractivity (Wildman–Crippen MR) is 114 cm³/mol. The highest BCUT2D eigenvalue weighted by atomic mass is 19.1. The van der Waals surface area contributed by atoms with Crippen molar-refractivity contribution in [1.29, 1.82) is 0 Å². The van der Waals surface area contributed by atoms with Crippen LogP contribution >= 0.6 is 0 Å². The van der Waals surface area contributed by atoms with Crippen molar-refractivity contribution in [3.63, 3.8) is 0 Å². The summed E-state index contributed by atoms with van der Waals surface area (Å²) in [5, 5.41) is 2.90. The van der Waals surface area contributed by atoms with E-state index in [4.69, 9.17) is 4.74 Å². The van der Waals surface area contributed by atoms with E-state index in [9.17, 15) is 18.8 Å². The highest BCUT2D eigenvalue weighted by Gasteiger charge is 2.24. The van der Waals surface area contributed by atoms with Crippen LogP contribution in [0.4, 0.5) is 4.39 Å². The van der Waals surface area contributed by atoms with Crippen LogP contribution in [0.25, 0.3) is 0 Å². The van der Waals surface area contributed by atoms with Crippen LogP contribution in [-0.4, -0.2) is 42.7 Å². The first-order valence-corrected chi connectivity index (χ1v) is 10.5.